The average Bonchev–Trinajstić information content (AvgIpc) is 3.09. The van der Waals surface area contributed by atoms with E-state index in [2.05, 4.69) is 0 Å². The van der Waals surface area contributed by atoms with Crippen LogP contribution in [0.4, 0.5) is 0 Å². The summed E-state index contributed by atoms with van der Waals surface area (Å²) in [5.74, 6) is 0.251. The lowest BCUT2D eigenvalue weighted by Gasteiger charge is -2.32. The van der Waals surface area contributed by atoms with E-state index in [9.17, 15) is 9.59 Å². The van der Waals surface area contributed by atoms with Crippen LogP contribution in [0, 0.1) is 12.8 Å². The minimum absolute atomic E-state index is 0.139. The minimum Gasteiger partial charge on any atom is -0.467 e. The van der Waals surface area contributed by atoms with Crippen LogP contribution < -0.4 is 0 Å². The number of amides is 1. The van der Waals surface area contributed by atoms with Gasteiger partial charge in [0.15, 0.2) is 5.76 Å². The average molecular weight is 291 g/mol. The molecule has 1 aromatic heterocycles. The van der Waals surface area contributed by atoms with Gasteiger partial charge >= 0.3 is 5.97 Å². The van der Waals surface area contributed by atoms with Gasteiger partial charge in [0.1, 0.15) is 6.04 Å². The van der Waals surface area contributed by atoms with Gasteiger partial charge < -0.3 is 14.1 Å². The highest BCUT2D eigenvalue weighted by atomic mass is 16.5. The molecule has 0 spiro atoms. The number of carbonyl (C=O) groups is 2. The second kappa shape index (κ2) is 5.54. The summed E-state index contributed by atoms with van der Waals surface area (Å²) in [5.41, 5.74) is 0.808. The molecule has 2 heterocycles. The molecule has 114 valence electrons. The van der Waals surface area contributed by atoms with E-state index in [1.54, 1.807) is 11.0 Å². The summed E-state index contributed by atoms with van der Waals surface area (Å²) < 4.78 is 10.2. The van der Waals surface area contributed by atoms with Crippen molar-refractivity contribution in [2.24, 2.45) is 5.92 Å². The number of fused-ring (bicyclic) bond motifs is 1. The number of aryl methyl sites for hydroxylation is 1. The van der Waals surface area contributed by atoms with Gasteiger partial charge in [-0.1, -0.05) is 12.8 Å². The number of carbonyl (C=O) groups excluding carboxylic acids is 2. The summed E-state index contributed by atoms with van der Waals surface area (Å²) >= 11 is 0. The van der Waals surface area contributed by atoms with Crippen molar-refractivity contribution < 1.29 is 18.7 Å². The van der Waals surface area contributed by atoms with Gasteiger partial charge in [-0.2, -0.15) is 0 Å². The van der Waals surface area contributed by atoms with Gasteiger partial charge in [-0.3, -0.25) is 4.79 Å². The second-order valence-corrected chi connectivity index (χ2v) is 6.03. The van der Waals surface area contributed by atoms with Crippen molar-refractivity contribution >= 4 is 11.9 Å². The summed E-state index contributed by atoms with van der Waals surface area (Å²) in [6, 6.07) is 1.44. The zero-order valence-corrected chi connectivity index (χ0v) is 12.5. The van der Waals surface area contributed by atoms with Crippen LogP contribution in [-0.2, 0) is 9.53 Å². The largest absolute Gasteiger partial charge is 0.467 e. The molecule has 3 atom stereocenters. The first-order valence-corrected chi connectivity index (χ1v) is 7.58. The van der Waals surface area contributed by atoms with Crippen LogP contribution in [0.25, 0.3) is 0 Å². The molecule has 1 saturated heterocycles. The Kier molecular flexibility index (Phi) is 3.74. The Morgan fingerprint density at radius 3 is 2.76 bits per heavy atom. The van der Waals surface area contributed by atoms with Crippen LogP contribution in [0.3, 0.4) is 0 Å². The van der Waals surface area contributed by atoms with Gasteiger partial charge in [0, 0.05) is 11.6 Å². The molecule has 0 unspecified atom stereocenters. The fourth-order valence-electron chi connectivity index (χ4n) is 3.81. The summed E-state index contributed by atoms with van der Waals surface area (Å²) in [6.07, 6.45) is 6.56. The Hall–Kier alpha value is -1.78. The molecular weight excluding hydrogens is 270 g/mol. The van der Waals surface area contributed by atoms with E-state index < -0.39 is 6.04 Å². The van der Waals surface area contributed by atoms with Gasteiger partial charge in [0.2, 0.25) is 0 Å². The van der Waals surface area contributed by atoms with Crippen molar-refractivity contribution in [1.29, 1.82) is 0 Å². The number of ether oxygens (including phenoxy) is 1. The summed E-state index contributed by atoms with van der Waals surface area (Å²) in [7, 11) is 1.38. The van der Waals surface area contributed by atoms with E-state index in [0.29, 0.717) is 18.1 Å². The third-order valence-electron chi connectivity index (χ3n) is 4.85. The molecule has 0 N–H and O–H groups in total. The molecule has 0 radical (unpaired) electrons. The van der Waals surface area contributed by atoms with Crippen molar-refractivity contribution in [1.82, 2.24) is 4.90 Å². The van der Waals surface area contributed by atoms with Crippen molar-refractivity contribution in [3.05, 3.63) is 23.7 Å². The Morgan fingerprint density at radius 2 is 2.10 bits per heavy atom. The zero-order chi connectivity index (χ0) is 15.0. The third kappa shape index (κ3) is 2.34. The fourth-order valence-corrected chi connectivity index (χ4v) is 3.81. The SMILES string of the molecule is COC(=O)[C@@H]1C[C@@H]2CCCC[C@H]2N1C(=O)c1occc1C. The summed E-state index contributed by atoms with van der Waals surface area (Å²) in [5, 5.41) is 0. The lowest BCUT2D eigenvalue weighted by molar-refractivity contribution is -0.145. The first-order valence-electron chi connectivity index (χ1n) is 7.58. The van der Waals surface area contributed by atoms with Crippen LogP contribution >= 0.6 is 0 Å². The molecule has 1 saturated carbocycles. The lowest BCUT2D eigenvalue weighted by atomic mass is 9.84. The molecule has 1 aromatic rings. The maximum Gasteiger partial charge on any atom is 0.328 e. The number of esters is 1. The first-order chi connectivity index (χ1) is 10.1. The molecule has 1 aliphatic heterocycles. The first kappa shape index (κ1) is 14.2. The summed E-state index contributed by atoms with van der Waals surface area (Å²) in [6.45, 7) is 1.85. The Bertz CT molecular complexity index is 550. The van der Waals surface area contributed by atoms with Gasteiger partial charge in [-0.15, -0.1) is 0 Å². The number of hydrogen-bond donors (Lipinski definition) is 0. The highest BCUT2D eigenvalue weighted by molar-refractivity contribution is 5.96. The van der Waals surface area contributed by atoms with Gasteiger partial charge in [-0.05, 0) is 38.2 Å². The van der Waals surface area contributed by atoms with E-state index in [0.717, 1.165) is 24.8 Å². The van der Waals surface area contributed by atoms with E-state index in [1.165, 1.54) is 19.8 Å². The van der Waals surface area contributed by atoms with Crippen molar-refractivity contribution in [2.75, 3.05) is 7.11 Å². The normalized spacial score (nSPS) is 28.3. The maximum atomic E-state index is 12.8. The van der Waals surface area contributed by atoms with E-state index in [1.807, 2.05) is 6.92 Å². The zero-order valence-electron chi connectivity index (χ0n) is 12.5. The standard InChI is InChI=1S/C16H21NO4/c1-10-7-8-21-14(10)15(18)17-12-6-4-3-5-11(12)9-13(17)16(19)20-2/h7-8,11-13H,3-6,9H2,1-2H3/t11-,12+,13-/m0/s1. The summed E-state index contributed by atoms with van der Waals surface area (Å²) in [4.78, 5) is 26.6. The lowest BCUT2D eigenvalue weighted by Crippen LogP contribution is -2.46. The highest BCUT2D eigenvalue weighted by Gasteiger charge is 2.48. The second-order valence-electron chi connectivity index (χ2n) is 6.03. The monoisotopic (exact) mass is 291 g/mol. The van der Waals surface area contributed by atoms with E-state index in [-0.39, 0.29) is 17.9 Å². The van der Waals surface area contributed by atoms with Gasteiger partial charge in [-0.25, -0.2) is 4.79 Å². The quantitative estimate of drug-likeness (QED) is 0.786. The number of rotatable bonds is 2. The van der Waals surface area contributed by atoms with Crippen LogP contribution in [0.5, 0.6) is 0 Å². The van der Waals surface area contributed by atoms with Crippen molar-refractivity contribution in [3.8, 4) is 0 Å². The highest BCUT2D eigenvalue weighted by Crippen LogP contribution is 2.41. The Morgan fingerprint density at radius 1 is 1.33 bits per heavy atom. The molecule has 2 fully saturated rings. The van der Waals surface area contributed by atoms with E-state index >= 15 is 0 Å². The minimum atomic E-state index is -0.472. The van der Waals surface area contributed by atoms with Crippen molar-refractivity contribution in [3.63, 3.8) is 0 Å². The molecule has 1 aliphatic carbocycles. The van der Waals surface area contributed by atoms with E-state index in [4.69, 9.17) is 9.15 Å². The van der Waals surface area contributed by atoms with Crippen LogP contribution in [0.1, 0.15) is 48.2 Å². The molecule has 1 amide bonds. The van der Waals surface area contributed by atoms with Crippen LogP contribution in [0.15, 0.2) is 16.7 Å². The van der Waals surface area contributed by atoms with Gasteiger partial charge in [0.25, 0.3) is 5.91 Å². The Balaban J connectivity index is 1.93. The predicted molar refractivity (Wildman–Crippen MR) is 75.8 cm³/mol. The number of nitrogens with zero attached hydrogens (tertiary/aromatic N) is 1. The molecule has 2 aliphatic rings. The van der Waals surface area contributed by atoms with Crippen LogP contribution in [-0.4, -0.2) is 36.0 Å². The smallest absolute Gasteiger partial charge is 0.328 e. The molecule has 3 rings (SSSR count). The number of likely N-dealkylation sites (tertiary alicyclic amines) is 1. The molecule has 0 aromatic carbocycles. The molecule has 0 bridgehead atoms. The number of methoxy groups -OCH3 is 1. The fraction of sp³-hybridized carbons (Fsp3) is 0.625. The van der Waals surface area contributed by atoms with Gasteiger partial charge in [0.05, 0.1) is 13.4 Å². The predicted octanol–water partition coefficient (Wildman–Crippen LogP) is 2.53. The topological polar surface area (TPSA) is 59.8 Å². The van der Waals surface area contributed by atoms with Crippen LogP contribution in [0.2, 0.25) is 0 Å². The van der Waals surface area contributed by atoms with Crippen molar-refractivity contribution in [2.45, 2.75) is 51.1 Å². The third-order valence-corrected chi connectivity index (χ3v) is 4.85. The number of hydrogen-bond acceptors (Lipinski definition) is 4. The molecule has 21 heavy (non-hydrogen) atoms. The molecule has 5 heteroatoms. The Labute approximate surface area is 124 Å². The molecular formula is C16H21NO4. The maximum absolute atomic E-state index is 12.8. The molecule has 5 nitrogen and oxygen atoms in total. The number of furan rings is 1.